The number of nitrogens with one attached hydrogen (secondary N) is 2. The lowest BCUT2D eigenvalue weighted by Crippen LogP contribution is -2.42. The quantitative estimate of drug-likeness (QED) is 0.561. The molecule has 0 radical (unpaired) electrons. The maximum absolute atomic E-state index is 13.5. The fraction of sp³-hybridized carbons (Fsp3) is 0.273. The SMILES string of the molecule is CCC(NC(=O)Nc1ccc([N+](=O)[O-])cc1F)C(=O)O. The van der Waals surface area contributed by atoms with Gasteiger partial charge in [-0.3, -0.25) is 10.1 Å². The van der Waals surface area contributed by atoms with Gasteiger partial charge in [-0.25, -0.2) is 14.0 Å². The highest BCUT2D eigenvalue weighted by molar-refractivity contribution is 5.92. The lowest BCUT2D eigenvalue weighted by atomic mass is 10.2. The van der Waals surface area contributed by atoms with Crippen molar-refractivity contribution < 1.29 is 24.0 Å². The van der Waals surface area contributed by atoms with Crippen molar-refractivity contribution in [1.29, 1.82) is 0 Å². The second-order valence-electron chi connectivity index (χ2n) is 3.82. The summed E-state index contributed by atoms with van der Waals surface area (Å²) >= 11 is 0. The molecule has 0 spiro atoms. The van der Waals surface area contributed by atoms with E-state index in [9.17, 15) is 24.1 Å². The van der Waals surface area contributed by atoms with Crippen molar-refractivity contribution in [2.24, 2.45) is 0 Å². The number of carbonyl (C=O) groups is 2. The van der Waals surface area contributed by atoms with E-state index in [-0.39, 0.29) is 12.1 Å². The number of hydrogen-bond donors (Lipinski definition) is 3. The van der Waals surface area contributed by atoms with Crippen LogP contribution in [0, 0.1) is 15.9 Å². The third kappa shape index (κ3) is 3.90. The van der Waals surface area contributed by atoms with Gasteiger partial charge >= 0.3 is 12.0 Å². The lowest BCUT2D eigenvalue weighted by molar-refractivity contribution is -0.385. The minimum atomic E-state index is -1.22. The van der Waals surface area contributed by atoms with Gasteiger partial charge < -0.3 is 15.7 Å². The number of nitro benzene ring substituents is 1. The molecule has 1 atom stereocenters. The molecule has 1 unspecified atom stereocenters. The van der Waals surface area contributed by atoms with Crippen LogP contribution in [-0.2, 0) is 4.79 Å². The van der Waals surface area contributed by atoms with Crippen LogP contribution in [0.1, 0.15) is 13.3 Å². The summed E-state index contributed by atoms with van der Waals surface area (Å²) in [5.41, 5.74) is -0.737. The predicted molar refractivity (Wildman–Crippen MR) is 66.9 cm³/mol. The Bertz CT molecular complexity index is 549. The molecule has 0 saturated heterocycles. The summed E-state index contributed by atoms with van der Waals surface area (Å²) in [6, 6.07) is 0.689. The molecule has 3 N–H and O–H groups in total. The van der Waals surface area contributed by atoms with Crippen molar-refractivity contribution in [1.82, 2.24) is 5.32 Å². The number of hydrogen-bond acceptors (Lipinski definition) is 4. The van der Waals surface area contributed by atoms with Crippen molar-refractivity contribution in [2.75, 3.05) is 5.32 Å². The van der Waals surface area contributed by atoms with Crippen LogP contribution < -0.4 is 10.6 Å². The van der Waals surface area contributed by atoms with E-state index in [1.807, 2.05) is 0 Å². The highest BCUT2D eigenvalue weighted by Crippen LogP contribution is 2.20. The van der Waals surface area contributed by atoms with Crippen LogP contribution in [0.15, 0.2) is 18.2 Å². The van der Waals surface area contributed by atoms with Gasteiger partial charge in [-0.15, -0.1) is 0 Å². The largest absolute Gasteiger partial charge is 0.480 e. The van der Waals surface area contributed by atoms with Crippen molar-refractivity contribution >= 4 is 23.4 Å². The molecule has 108 valence electrons. The van der Waals surface area contributed by atoms with E-state index in [0.717, 1.165) is 12.1 Å². The number of halogens is 1. The van der Waals surface area contributed by atoms with Crippen LogP contribution in [0.25, 0.3) is 0 Å². The van der Waals surface area contributed by atoms with Gasteiger partial charge in [0.1, 0.15) is 6.04 Å². The molecular weight excluding hydrogens is 273 g/mol. The number of carboxylic acid groups (broad SMARTS) is 1. The van der Waals surface area contributed by atoms with Crippen LogP contribution in [0.3, 0.4) is 0 Å². The minimum absolute atomic E-state index is 0.158. The average molecular weight is 285 g/mol. The topological polar surface area (TPSA) is 122 Å². The third-order valence-corrected chi connectivity index (χ3v) is 2.42. The monoisotopic (exact) mass is 285 g/mol. The molecule has 0 aliphatic rings. The molecule has 0 saturated carbocycles. The Labute approximate surface area is 112 Å². The minimum Gasteiger partial charge on any atom is -0.480 e. The van der Waals surface area contributed by atoms with E-state index >= 15 is 0 Å². The Morgan fingerprint density at radius 3 is 2.60 bits per heavy atom. The molecule has 0 aliphatic heterocycles. The third-order valence-electron chi connectivity index (χ3n) is 2.42. The number of non-ortho nitro benzene ring substituents is 1. The van der Waals surface area contributed by atoms with Crippen LogP contribution in [0.4, 0.5) is 20.6 Å². The number of nitro groups is 1. The Hall–Kier alpha value is -2.71. The van der Waals surface area contributed by atoms with Crippen LogP contribution >= 0.6 is 0 Å². The van der Waals surface area contributed by atoms with E-state index in [1.54, 1.807) is 6.92 Å². The smallest absolute Gasteiger partial charge is 0.326 e. The number of anilines is 1. The Morgan fingerprint density at radius 2 is 2.15 bits per heavy atom. The summed E-state index contributed by atoms with van der Waals surface area (Å²) in [6.45, 7) is 1.56. The Kier molecular flexibility index (Phi) is 4.95. The van der Waals surface area contributed by atoms with Gasteiger partial charge in [0.15, 0.2) is 5.82 Å². The second kappa shape index (κ2) is 6.45. The zero-order valence-corrected chi connectivity index (χ0v) is 10.4. The van der Waals surface area contributed by atoms with E-state index in [0.29, 0.717) is 6.07 Å². The van der Waals surface area contributed by atoms with Gasteiger partial charge in [0.2, 0.25) is 0 Å². The first kappa shape index (κ1) is 15.3. The molecule has 2 amide bonds. The fourth-order valence-electron chi connectivity index (χ4n) is 1.37. The number of carbonyl (C=O) groups excluding carboxylic acids is 1. The first-order valence-corrected chi connectivity index (χ1v) is 5.59. The molecule has 0 fully saturated rings. The molecule has 0 aliphatic carbocycles. The van der Waals surface area contributed by atoms with E-state index in [1.165, 1.54) is 0 Å². The van der Waals surface area contributed by atoms with Crippen molar-refractivity contribution in [3.05, 3.63) is 34.1 Å². The van der Waals surface area contributed by atoms with E-state index in [4.69, 9.17) is 5.11 Å². The van der Waals surface area contributed by atoms with Gasteiger partial charge in [-0.05, 0) is 12.5 Å². The number of rotatable bonds is 5. The zero-order chi connectivity index (χ0) is 15.3. The van der Waals surface area contributed by atoms with Gasteiger partial charge in [0, 0.05) is 6.07 Å². The van der Waals surface area contributed by atoms with Crippen molar-refractivity contribution in [3.63, 3.8) is 0 Å². The molecule has 0 aromatic heterocycles. The molecule has 9 heteroatoms. The number of urea groups is 1. The zero-order valence-electron chi connectivity index (χ0n) is 10.4. The summed E-state index contributed by atoms with van der Waals surface area (Å²) in [7, 11) is 0. The number of aliphatic carboxylic acids is 1. The number of amides is 2. The maximum Gasteiger partial charge on any atom is 0.326 e. The predicted octanol–water partition coefficient (Wildman–Crippen LogP) is 1.72. The summed E-state index contributed by atoms with van der Waals surface area (Å²) in [6.07, 6.45) is 0.158. The summed E-state index contributed by atoms with van der Waals surface area (Å²) in [4.78, 5) is 31.8. The first-order chi connectivity index (χ1) is 9.35. The number of nitrogens with zero attached hydrogens (tertiary/aromatic N) is 1. The van der Waals surface area contributed by atoms with Crippen LogP contribution in [0.2, 0.25) is 0 Å². The number of benzene rings is 1. The van der Waals surface area contributed by atoms with Gasteiger partial charge in [0.05, 0.1) is 16.7 Å². The van der Waals surface area contributed by atoms with Crippen molar-refractivity contribution in [3.8, 4) is 0 Å². The summed E-state index contributed by atoms with van der Waals surface area (Å²) in [5.74, 6) is -2.20. The molecule has 20 heavy (non-hydrogen) atoms. The Balaban J connectivity index is 2.76. The van der Waals surface area contributed by atoms with Crippen LogP contribution in [-0.4, -0.2) is 28.1 Å². The first-order valence-electron chi connectivity index (χ1n) is 5.59. The fourth-order valence-corrected chi connectivity index (χ4v) is 1.37. The lowest BCUT2D eigenvalue weighted by Gasteiger charge is -2.13. The van der Waals surface area contributed by atoms with Crippen LogP contribution in [0.5, 0.6) is 0 Å². The highest BCUT2D eigenvalue weighted by atomic mass is 19.1. The summed E-state index contributed by atoms with van der Waals surface area (Å²) < 4.78 is 13.5. The molecular formula is C11H12FN3O5. The van der Waals surface area contributed by atoms with E-state index in [2.05, 4.69) is 10.6 Å². The van der Waals surface area contributed by atoms with Gasteiger partial charge in [-0.2, -0.15) is 0 Å². The molecule has 8 nitrogen and oxygen atoms in total. The van der Waals surface area contributed by atoms with E-state index < -0.39 is 34.5 Å². The Morgan fingerprint density at radius 1 is 1.50 bits per heavy atom. The summed E-state index contributed by atoms with van der Waals surface area (Å²) in [5, 5.41) is 23.4. The standard InChI is InChI=1S/C11H12FN3O5/c1-2-8(10(16)17)13-11(18)14-9-4-3-6(15(19)20)5-7(9)12/h3-5,8H,2H2,1H3,(H,16,17)(H2,13,14,18). The normalized spacial score (nSPS) is 11.5. The number of carboxylic acids is 1. The molecule has 1 aromatic rings. The van der Waals surface area contributed by atoms with Crippen molar-refractivity contribution in [2.45, 2.75) is 19.4 Å². The van der Waals surface area contributed by atoms with Gasteiger partial charge in [-0.1, -0.05) is 6.92 Å². The molecule has 0 heterocycles. The maximum atomic E-state index is 13.5. The molecule has 1 rings (SSSR count). The molecule has 0 bridgehead atoms. The molecule has 1 aromatic carbocycles. The van der Waals surface area contributed by atoms with Gasteiger partial charge in [0.25, 0.3) is 5.69 Å². The highest BCUT2D eigenvalue weighted by Gasteiger charge is 2.18. The average Bonchev–Trinajstić information content (AvgIpc) is 2.37. The second-order valence-corrected chi connectivity index (χ2v) is 3.82.